The van der Waals surface area contributed by atoms with Gasteiger partial charge in [0.2, 0.25) is 0 Å². The fourth-order valence-electron chi connectivity index (χ4n) is 1.02. The molecule has 0 fully saturated rings. The van der Waals surface area contributed by atoms with Gasteiger partial charge in [-0.25, -0.2) is 0 Å². The van der Waals surface area contributed by atoms with E-state index < -0.39 is 0 Å². The topological polar surface area (TPSA) is 50.4 Å². The average Bonchev–Trinajstić information content (AvgIpc) is 2.18. The molecule has 1 rings (SSSR count). The van der Waals surface area contributed by atoms with Crippen LogP contribution in [0.2, 0.25) is 0 Å². The maximum Gasteiger partial charge on any atom is 0.193 e. The van der Waals surface area contributed by atoms with Crippen molar-refractivity contribution in [3.63, 3.8) is 0 Å². The highest BCUT2D eigenvalue weighted by Gasteiger charge is 1.99. The molecule has 1 aromatic carbocycles. The molecule has 82 valence electrons. The zero-order valence-electron chi connectivity index (χ0n) is 9.00. The van der Waals surface area contributed by atoms with E-state index in [0.717, 1.165) is 16.7 Å². The van der Waals surface area contributed by atoms with E-state index in [4.69, 9.17) is 5.73 Å². The van der Waals surface area contributed by atoms with Crippen LogP contribution in [-0.2, 0) is 0 Å². The molecule has 0 heterocycles. The summed E-state index contributed by atoms with van der Waals surface area (Å²) >= 11 is 3.43. The summed E-state index contributed by atoms with van der Waals surface area (Å²) in [5, 5.41) is 3.05. The molecule has 3 nitrogen and oxygen atoms in total. The second-order valence-corrected chi connectivity index (χ2v) is 4.58. The van der Waals surface area contributed by atoms with E-state index in [-0.39, 0.29) is 0 Å². The van der Waals surface area contributed by atoms with E-state index in [0.29, 0.717) is 11.9 Å². The maximum atomic E-state index is 5.74. The first-order valence-corrected chi connectivity index (χ1v) is 5.70. The number of nitrogens with two attached hydrogens (primary N) is 1. The molecule has 0 aliphatic heterocycles. The van der Waals surface area contributed by atoms with Gasteiger partial charge in [0.25, 0.3) is 0 Å². The lowest BCUT2D eigenvalue weighted by atomic mass is 10.2. The van der Waals surface area contributed by atoms with Gasteiger partial charge < -0.3 is 11.1 Å². The molecule has 0 atom stereocenters. The molecule has 15 heavy (non-hydrogen) atoms. The third-order valence-electron chi connectivity index (χ3n) is 1.76. The number of hydrogen-bond acceptors (Lipinski definition) is 1. The molecule has 1 aromatic rings. The van der Waals surface area contributed by atoms with E-state index in [9.17, 15) is 0 Å². The van der Waals surface area contributed by atoms with Crippen molar-refractivity contribution in [1.82, 2.24) is 0 Å². The summed E-state index contributed by atoms with van der Waals surface area (Å²) in [6.45, 7) is 4.95. The van der Waals surface area contributed by atoms with Crippen molar-refractivity contribution in [1.29, 1.82) is 0 Å². The van der Waals surface area contributed by atoms with Gasteiger partial charge in [0.15, 0.2) is 5.96 Å². The fourth-order valence-corrected chi connectivity index (χ4v) is 1.40. The molecule has 0 aromatic heterocycles. The van der Waals surface area contributed by atoms with Gasteiger partial charge in [-0.3, -0.25) is 4.99 Å². The van der Waals surface area contributed by atoms with Gasteiger partial charge >= 0.3 is 0 Å². The fraction of sp³-hybridized carbons (Fsp3) is 0.364. The highest BCUT2D eigenvalue weighted by Crippen LogP contribution is 2.20. The van der Waals surface area contributed by atoms with Crippen LogP contribution in [0.3, 0.4) is 0 Å². The van der Waals surface area contributed by atoms with Crippen molar-refractivity contribution < 1.29 is 0 Å². The summed E-state index contributed by atoms with van der Waals surface area (Å²) in [7, 11) is 0. The maximum absolute atomic E-state index is 5.74. The quantitative estimate of drug-likeness (QED) is 0.655. The van der Waals surface area contributed by atoms with Crippen molar-refractivity contribution in [2.75, 3.05) is 11.9 Å². The number of para-hydroxylation sites is 1. The molecule has 0 bridgehead atoms. The number of halogens is 1. The Morgan fingerprint density at radius 3 is 2.73 bits per heavy atom. The van der Waals surface area contributed by atoms with E-state index in [1.165, 1.54) is 0 Å². The summed E-state index contributed by atoms with van der Waals surface area (Å²) in [6.07, 6.45) is 0. The largest absolute Gasteiger partial charge is 0.370 e. The summed E-state index contributed by atoms with van der Waals surface area (Å²) in [4.78, 5) is 4.22. The number of aliphatic imine (C=N–C) groups is 1. The number of hydrogen-bond donors (Lipinski definition) is 2. The van der Waals surface area contributed by atoms with Gasteiger partial charge in [0, 0.05) is 11.0 Å². The standard InChI is InChI=1S/C11H16BrN3/c1-8(2)7-14-11(13)15-10-6-4-3-5-9(10)12/h3-6,8H,7H2,1-2H3,(H3,13,14,15). The Labute approximate surface area is 98.9 Å². The van der Waals surface area contributed by atoms with Crippen LogP contribution in [0, 0.1) is 5.92 Å². The van der Waals surface area contributed by atoms with Crippen molar-refractivity contribution in [2.45, 2.75) is 13.8 Å². The SMILES string of the molecule is CC(C)CN=C(N)Nc1ccccc1Br. The Morgan fingerprint density at radius 1 is 1.47 bits per heavy atom. The van der Waals surface area contributed by atoms with Gasteiger partial charge in [0.05, 0.1) is 5.69 Å². The van der Waals surface area contributed by atoms with Crippen LogP contribution >= 0.6 is 15.9 Å². The van der Waals surface area contributed by atoms with Crippen molar-refractivity contribution >= 4 is 27.6 Å². The van der Waals surface area contributed by atoms with Crippen LogP contribution in [0.5, 0.6) is 0 Å². The number of rotatable bonds is 3. The molecule has 3 N–H and O–H groups in total. The molecule has 0 aliphatic rings. The Morgan fingerprint density at radius 2 is 2.13 bits per heavy atom. The number of anilines is 1. The first-order valence-electron chi connectivity index (χ1n) is 4.91. The van der Waals surface area contributed by atoms with Crippen molar-refractivity contribution in [3.8, 4) is 0 Å². The van der Waals surface area contributed by atoms with Gasteiger partial charge in [0.1, 0.15) is 0 Å². The van der Waals surface area contributed by atoms with Crippen LogP contribution in [0.15, 0.2) is 33.7 Å². The lowest BCUT2D eigenvalue weighted by molar-refractivity contribution is 0.665. The number of nitrogens with one attached hydrogen (secondary N) is 1. The van der Waals surface area contributed by atoms with E-state index in [2.05, 4.69) is 40.1 Å². The predicted octanol–water partition coefficient (Wildman–Crippen LogP) is 2.83. The van der Waals surface area contributed by atoms with E-state index >= 15 is 0 Å². The Kier molecular flexibility index (Phi) is 4.62. The van der Waals surface area contributed by atoms with Gasteiger partial charge in [-0.15, -0.1) is 0 Å². The number of nitrogens with zero attached hydrogens (tertiary/aromatic N) is 1. The van der Waals surface area contributed by atoms with Crippen LogP contribution in [0.1, 0.15) is 13.8 Å². The molecule has 0 radical (unpaired) electrons. The minimum atomic E-state index is 0.454. The first kappa shape index (κ1) is 12.0. The summed E-state index contributed by atoms with van der Waals surface area (Å²) in [5.41, 5.74) is 6.67. The van der Waals surface area contributed by atoms with Crippen LogP contribution < -0.4 is 11.1 Å². The molecule has 0 amide bonds. The Bertz CT molecular complexity index is 347. The minimum absolute atomic E-state index is 0.454. The molecule has 4 heteroatoms. The zero-order valence-corrected chi connectivity index (χ0v) is 10.6. The highest BCUT2D eigenvalue weighted by molar-refractivity contribution is 9.10. The minimum Gasteiger partial charge on any atom is -0.370 e. The third kappa shape index (κ3) is 4.34. The predicted molar refractivity (Wildman–Crippen MR) is 69.1 cm³/mol. The van der Waals surface area contributed by atoms with Crippen LogP contribution in [-0.4, -0.2) is 12.5 Å². The highest BCUT2D eigenvalue weighted by atomic mass is 79.9. The molecule has 0 saturated heterocycles. The molecule has 0 unspecified atom stereocenters. The van der Waals surface area contributed by atoms with Crippen molar-refractivity contribution in [2.24, 2.45) is 16.6 Å². The molecule has 0 aliphatic carbocycles. The summed E-state index contributed by atoms with van der Waals surface area (Å²) in [6, 6.07) is 7.80. The summed E-state index contributed by atoms with van der Waals surface area (Å²) < 4.78 is 0.979. The number of guanidine groups is 1. The van der Waals surface area contributed by atoms with E-state index in [1.807, 2.05) is 24.3 Å². The second kappa shape index (κ2) is 5.75. The average molecular weight is 270 g/mol. The Balaban J connectivity index is 2.62. The molecule has 0 spiro atoms. The smallest absolute Gasteiger partial charge is 0.193 e. The molecular weight excluding hydrogens is 254 g/mol. The van der Waals surface area contributed by atoms with Gasteiger partial charge in [-0.2, -0.15) is 0 Å². The van der Waals surface area contributed by atoms with Crippen LogP contribution in [0.25, 0.3) is 0 Å². The lowest BCUT2D eigenvalue weighted by Crippen LogP contribution is -2.23. The second-order valence-electron chi connectivity index (χ2n) is 3.72. The van der Waals surface area contributed by atoms with Crippen molar-refractivity contribution in [3.05, 3.63) is 28.7 Å². The zero-order chi connectivity index (χ0) is 11.3. The van der Waals surface area contributed by atoms with Crippen LogP contribution in [0.4, 0.5) is 5.69 Å². The monoisotopic (exact) mass is 269 g/mol. The Hall–Kier alpha value is -1.03. The van der Waals surface area contributed by atoms with Gasteiger partial charge in [-0.1, -0.05) is 26.0 Å². The molecule has 0 saturated carbocycles. The first-order chi connectivity index (χ1) is 7.09. The number of benzene rings is 1. The lowest BCUT2D eigenvalue weighted by Gasteiger charge is -2.08. The normalized spacial score (nSPS) is 11.9. The van der Waals surface area contributed by atoms with E-state index in [1.54, 1.807) is 0 Å². The third-order valence-corrected chi connectivity index (χ3v) is 2.45. The summed E-state index contributed by atoms with van der Waals surface area (Å²) in [5.74, 6) is 0.972. The van der Waals surface area contributed by atoms with Gasteiger partial charge in [-0.05, 0) is 34.0 Å². The molecular formula is C11H16BrN3.